The van der Waals surface area contributed by atoms with E-state index in [1.54, 1.807) is 12.1 Å². The van der Waals surface area contributed by atoms with Crippen LogP contribution < -0.4 is 0 Å². The van der Waals surface area contributed by atoms with Crippen LogP contribution in [0.15, 0.2) is 54.6 Å². The van der Waals surface area contributed by atoms with Crippen LogP contribution in [0.2, 0.25) is 5.02 Å². The molecule has 0 fully saturated rings. The fourth-order valence-electron chi connectivity index (χ4n) is 4.30. The number of carbonyl (C=O) groups is 1. The van der Waals surface area contributed by atoms with Crippen molar-refractivity contribution in [3.8, 4) is 17.3 Å². The monoisotopic (exact) mass is 441 g/mol. The number of hydrogen-bond donors (Lipinski definition) is 0. The topological polar surface area (TPSA) is 84.5 Å². The minimum Gasteiger partial charge on any atom is -0.313 e. The molecule has 6 nitrogen and oxygen atoms in total. The average molecular weight is 442 g/mol. The van der Waals surface area contributed by atoms with E-state index in [9.17, 15) is 10.1 Å². The normalized spacial score (nSPS) is 14.4. The van der Waals surface area contributed by atoms with Crippen molar-refractivity contribution in [2.24, 2.45) is 0 Å². The summed E-state index contributed by atoms with van der Waals surface area (Å²) in [6.45, 7) is 0.727. The van der Waals surface area contributed by atoms with Crippen LogP contribution in [0.5, 0.6) is 0 Å². The summed E-state index contributed by atoms with van der Waals surface area (Å²) in [4.78, 5) is 18.5. The van der Waals surface area contributed by atoms with E-state index < -0.39 is 5.92 Å². The molecule has 3 heterocycles. The maximum Gasteiger partial charge on any atom is 0.188 e. The second kappa shape index (κ2) is 8.52. The van der Waals surface area contributed by atoms with E-state index in [1.165, 1.54) is 0 Å². The van der Waals surface area contributed by atoms with E-state index in [0.717, 1.165) is 43.6 Å². The lowest BCUT2D eigenvalue weighted by Gasteiger charge is -2.14. The molecule has 0 bridgehead atoms. The number of carbonyl (C=O) groups excluding carboxylic acids is 1. The predicted molar refractivity (Wildman–Crippen MR) is 122 cm³/mol. The summed E-state index contributed by atoms with van der Waals surface area (Å²) in [7, 11) is 0. The summed E-state index contributed by atoms with van der Waals surface area (Å²) in [6.07, 6.45) is 3.94. The van der Waals surface area contributed by atoms with Crippen molar-refractivity contribution in [1.82, 2.24) is 19.7 Å². The van der Waals surface area contributed by atoms with Crippen molar-refractivity contribution >= 4 is 28.3 Å². The molecule has 5 rings (SSSR count). The molecule has 158 valence electrons. The summed E-state index contributed by atoms with van der Waals surface area (Å²) in [5, 5.41) is 19.8. The maximum absolute atomic E-state index is 13.8. The van der Waals surface area contributed by atoms with E-state index >= 15 is 0 Å². The first-order valence-electron chi connectivity index (χ1n) is 10.7. The van der Waals surface area contributed by atoms with Gasteiger partial charge in [-0.3, -0.25) is 4.79 Å². The molecule has 0 radical (unpaired) electrons. The molecule has 1 atom stereocenters. The Balaban J connectivity index is 1.65. The third kappa shape index (κ3) is 3.55. The molecule has 32 heavy (non-hydrogen) atoms. The lowest BCUT2D eigenvalue weighted by molar-refractivity contribution is 0.0976. The van der Waals surface area contributed by atoms with Crippen LogP contribution in [0.1, 0.15) is 47.2 Å². The van der Waals surface area contributed by atoms with Gasteiger partial charge in [-0.25, -0.2) is 4.98 Å². The molecule has 4 aromatic rings. The number of Topliss-reactive ketones (excluding diaryl/α,β-unsaturated/α-hetero) is 1. The molecule has 0 N–H and O–H groups in total. The second-order valence-corrected chi connectivity index (χ2v) is 8.32. The standard InChI is InChI=1S/C25H20ClN5O/c26-20-10-5-3-9-17(20)22-14-18(16-8-4-6-11-21(16)28-22)24(32)19(15-27)25-30-29-23-12-2-1-7-13-31(23)25/h3-6,8-11,14,19H,1-2,7,12-13H2. The van der Waals surface area contributed by atoms with Crippen LogP contribution in [0.25, 0.3) is 22.2 Å². The van der Waals surface area contributed by atoms with Crippen molar-refractivity contribution in [2.45, 2.75) is 38.1 Å². The van der Waals surface area contributed by atoms with Gasteiger partial charge < -0.3 is 4.57 Å². The fourth-order valence-corrected chi connectivity index (χ4v) is 4.53. The largest absolute Gasteiger partial charge is 0.313 e. The van der Waals surface area contributed by atoms with Crippen LogP contribution in [0.3, 0.4) is 0 Å². The van der Waals surface area contributed by atoms with Crippen LogP contribution in [0, 0.1) is 11.3 Å². The van der Waals surface area contributed by atoms with E-state index in [-0.39, 0.29) is 5.78 Å². The van der Waals surface area contributed by atoms with Gasteiger partial charge in [0.2, 0.25) is 0 Å². The van der Waals surface area contributed by atoms with Gasteiger partial charge in [-0.05, 0) is 31.0 Å². The lowest BCUT2D eigenvalue weighted by atomic mass is 9.93. The molecule has 1 aliphatic rings. The number of halogens is 1. The van der Waals surface area contributed by atoms with Gasteiger partial charge >= 0.3 is 0 Å². The van der Waals surface area contributed by atoms with Gasteiger partial charge in [0.05, 0.1) is 17.3 Å². The van der Waals surface area contributed by atoms with Gasteiger partial charge in [-0.15, -0.1) is 10.2 Å². The van der Waals surface area contributed by atoms with Crippen LogP contribution in [-0.2, 0) is 13.0 Å². The smallest absolute Gasteiger partial charge is 0.188 e. The van der Waals surface area contributed by atoms with E-state index in [2.05, 4.69) is 16.3 Å². The highest BCUT2D eigenvalue weighted by atomic mass is 35.5. The first kappa shape index (κ1) is 20.3. The van der Waals surface area contributed by atoms with E-state index in [0.29, 0.717) is 33.0 Å². The SMILES string of the molecule is N#CC(C(=O)c1cc(-c2ccccc2Cl)nc2ccccc12)c1nnc2n1CCCCC2. The van der Waals surface area contributed by atoms with Gasteiger partial charge in [0.1, 0.15) is 5.82 Å². The Hall–Kier alpha value is -3.56. The molecule has 0 saturated carbocycles. The Kier molecular flexibility index (Phi) is 5.42. The fraction of sp³-hybridized carbons (Fsp3) is 0.240. The highest BCUT2D eigenvalue weighted by Crippen LogP contribution is 2.32. The van der Waals surface area contributed by atoms with Crippen molar-refractivity contribution in [3.63, 3.8) is 0 Å². The van der Waals surface area contributed by atoms with Gasteiger partial charge in [-0.2, -0.15) is 5.26 Å². The molecular formula is C25H20ClN5O. The minimum absolute atomic E-state index is 0.307. The van der Waals surface area contributed by atoms with Crippen molar-refractivity contribution < 1.29 is 4.79 Å². The summed E-state index contributed by atoms with van der Waals surface area (Å²) in [5.41, 5.74) is 2.43. The van der Waals surface area contributed by atoms with Crippen molar-refractivity contribution in [2.75, 3.05) is 0 Å². The third-order valence-electron chi connectivity index (χ3n) is 5.92. The molecule has 1 aliphatic heterocycles. The van der Waals surface area contributed by atoms with Crippen LogP contribution in [0.4, 0.5) is 0 Å². The minimum atomic E-state index is -1.04. The van der Waals surface area contributed by atoms with Crippen LogP contribution >= 0.6 is 11.6 Å². The third-order valence-corrected chi connectivity index (χ3v) is 6.25. The zero-order valence-corrected chi connectivity index (χ0v) is 18.1. The first-order valence-corrected chi connectivity index (χ1v) is 11.1. The molecule has 2 aromatic heterocycles. The number of ketones is 1. The second-order valence-electron chi connectivity index (χ2n) is 7.92. The van der Waals surface area contributed by atoms with Crippen LogP contribution in [-0.4, -0.2) is 25.5 Å². The number of fused-ring (bicyclic) bond motifs is 2. The molecule has 1 unspecified atom stereocenters. The number of nitriles is 1. The number of para-hydroxylation sites is 1. The van der Waals surface area contributed by atoms with Gasteiger partial charge in [0.15, 0.2) is 17.5 Å². The molecule has 0 spiro atoms. The molecule has 0 aliphatic carbocycles. The Bertz CT molecular complexity index is 1370. The summed E-state index contributed by atoms with van der Waals surface area (Å²) < 4.78 is 1.96. The summed E-state index contributed by atoms with van der Waals surface area (Å²) in [5.74, 6) is -0.0745. The Morgan fingerprint density at radius 2 is 1.88 bits per heavy atom. The van der Waals surface area contributed by atoms with Crippen molar-refractivity contribution in [3.05, 3.63) is 76.8 Å². The number of hydrogen-bond acceptors (Lipinski definition) is 5. The molecule has 0 amide bonds. The highest BCUT2D eigenvalue weighted by molar-refractivity contribution is 6.33. The first-order chi connectivity index (χ1) is 15.7. The molecule has 0 saturated heterocycles. The quantitative estimate of drug-likeness (QED) is 0.398. The summed E-state index contributed by atoms with van der Waals surface area (Å²) in [6, 6.07) is 18.8. The van der Waals surface area contributed by atoms with E-state index in [1.807, 2.05) is 47.0 Å². The maximum atomic E-state index is 13.8. The molecular weight excluding hydrogens is 422 g/mol. The summed E-state index contributed by atoms with van der Waals surface area (Å²) >= 11 is 6.41. The lowest BCUT2D eigenvalue weighted by Crippen LogP contribution is -2.18. The van der Waals surface area contributed by atoms with Crippen molar-refractivity contribution in [1.29, 1.82) is 5.26 Å². The van der Waals surface area contributed by atoms with Gasteiger partial charge in [0.25, 0.3) is 0 Å². The predicted octanol–water partition coefficient (Wildman–Crippen LogP) is 5.36. The Labute approximate surface area is 190 Å². The van der Waals surface area contributed by atoms with Gasteiger partial charge in [0, 0.05) is 34.5 Å². The number of aryl methyl sites for hydroxylation is 1. The number of pyridine rings is 1. The number of rotatable bonds is 4. The number of nitrogens with zero attached hydrogens (tertiary/aromatic N) is 5. The number of aromatic nitrogens is 4. The Morgan fingerprint density at radius 3 is 2.72 bits per heavy atom. The van der Waals surface area contributed by atoms with Gasteiger partial charge in [-0.1, -0.05) is 54.4 Å². The Morgan fingerprint density at radius 1 is 1.06 bits per heavy atom. The zero-order chi connectivity index (χ0) is 22.1. The molecule has 7 heteroatoms. The average Bonchev–Trinajstić information content (AvgIpc) is 3.06. The highest BCUT2D eigenvalue weighted by Gasteiger charge is 2.30. The van der Waals surface area contributed by atoms with E-state index in [4.69, 9.17) is 16.6 Å². The number of benzene rings is 2. The zero-order valence-electron chi connectivity index (χ0n) is 17.3. The molecule has 2 aromatic carbocycles.